The van der Waals surface area contributed by atoms with E-state index in [4.69, 9.17) is 14.5 Å². The molecule has 9 heteroatoms. The average molecular weight is 581 g/mol. The second-order valence-corrected chi connectivity index (χ2v) is 12.6. The van der Waals surface area contributed by atoms with Gasteiger partial charge in [0.05, 0.1) is 11.3 Å². The van der Waals surface area contributed by atoms with Crippen molar-refractivity contribution in [3.05, 3.63) is 66.5 Å². The van der Waals surface area contributed by atoms with E-state index in [0.717, 1.165) is 58.6 Å². The lowest BCUT2D eigenvalue weighted by Crippen LogP contribution is -2.47. The van der Waals surface area contributed by atoms with Crippen LogP contribution < -0.4 is 15.4 Å². The van der Waals surface area contributed by atoms with Gasteiger partial charge in [0.1, 0.15) is 11.4 Å². The number of piperidine rings is 1. The quantitative estimate of drug-likeness (QED) is 0.222. The van der Waals surface area contributed by atoms with Gasteiger partial charge in [-0.3, -0.25) is 0 Å². The Labute approximate surface area is 253 Å². The van der Waals surface area contributed by atoms with Gasteiger partial charge in [-0.15, -0.1) is 0 Å². The maximum absolute atomic E-state index is 12.6. The number of benzene rings is 2. The summed E-state index contributed by atoms with van der Waals surface area (Å²) in [6, 6.07) is 16.3. The largest absolute Gasteiger partial charge is 0.444 e. The number of hydrogen-bond donors (Lipinski definition) is 2. The Kier molecular flexibility index (Phi) is 8.06. The third-order valence-electron chi connectivity index (χ3n) is 7.79. The van der Waals surface area contributed by atoms with Gasteiger partial charge in [0.15, 0.2) is 0 Å². The van der Waals surface area contributed by atoms with Crippen molar-refractivity contribution >= 4 is 28.5 Å². The van der Waals surface area contributed by atoms with Crippen molar-refractivity contribution in [3.63, 3.8) is 0 Å². The number of aryl methyl sites for hydroxylation is 1. The van der Waals surface area contributed by atoms with Crippen LogP contribution in [0.1, 0.15) is 52.0 Å². The van der Waals surface area contributed by atoms with Crippen LogP contribution in [-0.2, 0) is 4.74 Å². The molecule has 0 bridgehead atoms. The molecule has 3 heterocycles. The summed E-state index contributed by atoms with van der Waals surface area (Å²) >= 11 is 0. The number of ether oxygens (including phenoxy) is 2. The Morgan fingerprint density at radius 3 is 2.67 bits per heavy atom. The second kappa shape index (κ2) is 12.1. The number of aromatic nitrogens is 3. The summed E-state index contributed by atoms with van der Waals surface area (Å²) in [7, 11) is 0. The molecule has 0 radical (unpaired) electrons. The highest BCUT2D eigenvalue weighted by molar-refractivity contribution is 5.98. The number of fused-ring (bicyclic) bond motifs is 1. The standard InChI is InChI=1S/C34H40N6O3/c1-22-12-15-25-26(9-5-11-28(25)37-20-23-13-14-23)30(22)42-31-27(10-6-17-35-31)29-16-18-36-32(39-29)38-24-8-7-19-40(21-24)33(41)43-34(2,3)4/h5-6,9-12,15-18,23-24,37H,7-8,13-14,19-21H2,1-4H3,(H,36,38,39). The molecule has 2 aromatic carbocycles. The summed E-state index contributed by atoms with van der Waals surface area (Å²) in [5.41, 5.74) is 3.09. The molecule has 6 rings (SSSR count). The van der Waals surface area contributed by atoms with Crippen molar-refractivity contribution < 1.29 is 14.3 Å². The first-order valence-electron chi connectivity index (χ1n) is 15.2. The van der Waals surface area contributed by atoms with Gasteiger partial charge < -0.3 is 25.0 Å². The van der Waals surface area contributed by atoms with Crippen molar-refractivity contribution in [1.82, 2.24) is 19.9 Å². The van der Waals surface area contributed by atoms with Crippen molar-refractivity contribution in [3.8, 4) is 22.9 Å². The highest BCUT2D eigenvalue weighted by Crippen LogP contribution is 2.39. The summed E-state index contributed by atoms with van der Waals surface area (Å²) in [6.45, 7) is 9.90. The lowest BCUT2D eigenvalue weighted by atomic mass is 10.0. The number of hydrogen-bond acceptors (Lipinski definition) is 8. The lowest BCUT2D eigenvalue weighted by molar-refractivity contribution is 0.0206. The molecule has 1 aliphatic carbocycles. The van der Waals surface area contributed by atoms with E-state index < -0.39 is 5.60 Å². The summed E-state index contributed by atoms with van der Waals surface area (Å²) in [5.74, 6) is 2.54. The molecule has 1 saturated carbocycles. The smallest absolute Gasteiger partial charge is 0.410 e. The molecule has 4 aromatic rings. The maximum Gasteiger partial charge on any atom is 0.410 e. The summed E-state index contributed by atoms with van der Waals surface area (Å²) < 4.78 is 12.2. The number of nitrogens with zero attached hydrogens (tertiary/aromatic N) is 4. The van der Waals surface area contributed by atoms with Crippen LogP contribution in [0.15, 0.2) is 60.9 Å². The number of anilines is 2. The zero-order valence-corrected chi connectivity index (χ0v) is 25.4. The van der Waals surface area contributed by atoms with Gasteiger partial charge in [0.25, 0.3) is 0 Å². The third-order valence-corrected chi connectivity index (χ3v) is 7.79. The van der Waals surface area contributed by atoms with Crippen LogP contribution in [0.4, 0.5) is 16.4 Å². The monoisotopic (exact) mass is 580 g/mol. The maximum atomic E-state index is 12.6. The molecule has 2 N–H and O–H groups in total. The minimum absolute atomic E-state index is 0.0159. The Morgan fingerprint density at radius 2 is 1.86 bits per heavy atom. The predicted molar refractivity (Wildman–Crippen MR) is 170 cm³/mol. The van der Waals surface area contributed by atoms with Crippen molar-refractivity contribution in [2.24, 2.45) is 5.92 Å². The van der Waals surface area contributed by atoms with Gasteiger partial charge in [-0.05, 0) is 89.1 Å². The van der Waals surface area contributed by atoms with Crippen LogP contribution in [0, 0.1) is 12.8 Å². The molecule has 224 valence electrons. The van der Waals surface area contributed by atoms with E-state index in [1.807, 2.05) is 39.0 Å². The Hall–Kier alpha value is -4.40. The number of rotatable bonds is 8. The normalized spacial score (nSPS) is 17.0. The molecule has 1 atom stereocenters. The van der Waals surface area contributed by atoms with Crippen molar-refractivity contribution in [2.75, 3.05) is 30.3 Å². The van der Waals surface area contributed by atoms with E-state index in [1.165, 1.54) is 12.8 Å². The fourth-order valence-corrected chi connectivity index (χ4v) is 5.42. The molecule has 43 heavy (non-hydrogen) atoms. The molecule has 2 fully saturated rings. The van der Waals surface area contributed by atoms with Gasteiger partial charge >= 0.3 is 6.09 Å². The molecule has 1 saturated heterocycles. The van der Waals surface area contributed by atoms with Crippen molar-refractivity contribution in [2.45, 2.75) is 65.0 Å². The molecule has 0 spiro atoms. The molecule has 1 unspecified atom stereocenters. The van der Waals surface area contributed by atoms with Crippen LogP contribution in [0.25, 0.3) is 22.0 Å². The van der Waals surface area contributed by atoms with Gasteiger partial charge in [-0.2, -0.15) is 0 Å². The number of likely N-dealkylation sites (tertiary alicyclic amines) is 1. The van der Waals surface area contributed by atoms with Crippen LogP contribution >= 0.6 is 0 Å². The molecule has 1 aliphatic heterocycles. The first kappa shape index (κ1) is 28.7. The van der Waals surface area contributed by atoms with E-state index in [-0.39, 0.29) is 12.1 Å². The first-order chi connectivity index (χ1) is 20.7. The molecular weight excluding hydrogens is 540 g/mol. The first-order valence-corrected chi connectivity index (χ1v) is 15.2. The van der Waals surface area contributed by atoms with E-state index in [2.05, 4.69) is 57.9 Å². The number of carbonyl (C=O) groups excluding carboxylic acids is 1. The predicted octanol–water partition coefficient (Wildman–Crippen LogP) is 7.43. The zero-order valence-electron chi connectivity index (χ0n) is 25.4. The van der Waals surface area contributed by atoms with E-state index in [1.54, 1.807) is 17.3 Å². The molecule has 1 amide bonds. The Balaban J connectivity index is 1.22. The van der Waals surface area contributed by atoms with Crippen LogP contribution in [0.5, 0.6) is 11.6 Å². The number of carbonyl (C=O) groups is 1. The topological polar surface area (TPSA) is 102 Å². The minimum Gasteiger partial charge on any atom is -0.444 e. The van der Waals surface area contributed by atoms with Crippen LogP contribution in [0.2, 0.25) is 0 Å². The van der Waals surface area contributed by atoms with Crippen LogP contribution in [0.3, 0.4) is 0 Å². The van der Waals surface area contributed by atoms with Gasteiger partial charge in [-0.1, -0.05) is 24.3 Å². The van der Waals surface area contributed by atoms with E-state index in [0.29, 0.717) is 30.6 Å². The second-order valence-electron chi connectivity index (χ2n) is 12.6. The molecule has 2 aromatic heterocycles. The highest BCUT2D eigenvalue weighted by atomic mass is 16.6. The fraction of sp³-hybridized carbons (Fsp3) is 0.412. The summed E-state index contributed by atoms with van der Waals surface area (Å²) in [5, 5.41) is 9.23. The minimum atomic E-state index is -0.530. The molecular formula is C34H40N6O3. The third kappa shape index (κ3) is 6.98. The number of amides is 1. The van der Waals surface area contributed by atoms with Gasteiger partial charge in [0, 0.05) is 54.5 Å². The molecule has 9 nitrogen and oxygen atoms in total. The van der Waals surface area contributed by atoms with Crippen LogP contribution in [-0.4, -0.2) is 57.2 Å². The summed E-state index contributed by atoms with van der Waals surface area (Å²) in [4.78, 5) is 28.3. The lowest BCUT2D eigenvalue weighted by Gasteiger charge is -2.34. The van der Waals surface area contributed by atoms with Gasteiger partial charge in [-0.25, -0.2) is 19.7 Å². The number of pyridine rings is 1. The average Bonchev–Trinajstić information content (AvgIpc) is 3.82. The van der Waals surface area contributed by atoms with Crippen molar-refractivity contribution in [1.29, 1.82) is 0 Å². The van der Waals surface area contributed by atoms with E-state index >= 15 is 0 Å². The number of nitrogens with one attached hydrogen (secondary N) is 2. The Bertz CT molecular complexity index is 1610. The fourth-order valence-electron chi connectivity index (χ4n) is 5.42. The van der Waals surface area contributed by atoms with E-state index in [9.17, 15) is 4.79 Å². The Morgan fingerprint density at radius 1 is 1.00 bits per heavy atom. The SMILES string of the molecule is Cc1ccc2c(NCC3CC3)cccc2c1Oc1ncccc1-c1ccnc(NC2CCCN(C(=O)OC(C)(C)C)C2)n1. The summed E-state index contributed by atoms with van der Waals surface area (Å²) in [6.07, 6.45) is 7.57. The molecule has 2 aliphatic rings. The van der Waals surface area contributed by atoms with Gasteiger partial charge in [0.2, 0.25) is 11.8 Å². The highest BCUT2D eigenvalue weighted by Gasteiger charge is 2.28. The zero-order chi connectivity index (χ0) is 30.0.